The van der Waals surface area contributed by atoms with Crippen molar-refractivity contribution in [1.29, 1.82) is 0 Å². The second-order valence-corrected chi connectivity index (χ2v) is 8.97. The summed E-state index contributed by atoms with van der Waals surface area (Å²) in [4.78, 5) is 43.3. The molecule has 0 saturated heterocycles. The monoisotopic (exact) mass is 527 g/mol. The molecule has 10 nitrogen and oxygen atoms in total. The Morgan fingerprint density at radius 3 is 2.17 bits per heavy atom. The lowest BCUT2D eigenvalue weighted by Gasteiger charge is -2.30. The number of halogens is 1. The molecule has 35 heavy (non-hydrogen) atoms. The van der Waals surface area contributed by atoms with Crippen molar-refractivity contribution in [2.24, 2.45) is 0 Å². The second kappa shape index (κ2) is 13.9. The van der Waals surface area contributed by atoms with Crippen molar-refractivity contribution < 1.29 is 23.9 Å². The fraction of sp³-hybridized carbons (Fsp3) is 0.478. The summed E-state index contributed by atoms with van der Waals surface area (Å²) in [6.45, 7) is 11.1. The molecule has 0 aliphatic rings. The van der Waals surface area contributed by atoms with Gasteiger partial charge in [-0.3, -0.25) is 24.6 Å². The van der Waals surface area contributed by atoms with Gasteiger partial charge in [0.2, 0.25) is 5.91 Å². The van der Waals surface area contributed by atoms with Crippen molar-refractivity contribution in [3.63, 3.8) is 0 Å². The van der Waals surface area contributed by atoms with Crippen LogP contribution in [0.3, 0.4) is 0 Å². The molecule has 0 atom stereocenters. The van der Waals surface area contributed by atoms with Gasteiger partial charge >= 0.3 is 0 Å². The van der Waals surface area contributed by atoms with Gasteiger partial charge in [-0.25, -0.2) is 4.98 Å². The third-order valence-electron chi connectivity index (χ3n) is 5.02. The summed E-state index contributed by atoms with van der Waals surface area (Å²) in [5.74, 6) is -0.528. The van der Waals surface area contributed by atoms with E-state index >= 15 is 0 Å². The number of carbonyl (C=O) groups is 3. The number of carbonyl (C=O) groups excluding carboxylic acids is 3. The van der Waals surface area contributed by atoms with Crippen LogP contribution in [0, 0.1) is 0 Å². The maximum Gasteiger partial charge on any atom is 0.270 e. The summed E-state index contributed by atoms with van der Waals surface area (Å²) >= 11 is 1.14. The number of rotatable bonds is 11. The summed E-state index contributed by atoms with van der Waals surface area (Å²) in [7, 11) is 2.85. The Morgan fingerprint density at radius 2 is 1.63 bits per heavy atom. The lowest BCUT2D eigenvalue weighted by atomic mass is 10.1. The highest BCUT2D eigenvalue weighted by Crippen LogP contribution is 2.33. The molecule has 0 saturated carbocycles. The molecule has 0 aliphatic heterocycles. The Bertz CT molecular complexity index is 1020. The first-order valence-electron chi connectivity index (χ1n) is 10.9. The Balaban J connectivity index is 0.00000612. The van der Waals surface area contributed by atoms with Crippen molar-refractivity contribution in [2.45, 2.75) is 46.7 Å². The topological polar surface area (TPSA) is 122 Å². The van der Waals surface area contributed by atoms with E-state index in [0.717, 1.165) is 17.9 Å². The zero-order valence-corrected chi connectivity index (χ0v) is 22.7. The molecule has 3 amide bonds. The van der Waals surface area contributed by atoms with Gasteiger partial charge in [-0.15, -0.1) is 23.7 Å². The number of aromatic nitrogens is 1. The standard InChI is InChI=1S/C23H33N5O5S.ClH/c1-13(2)28(14(3)4)9-8-24-22(31)18-12-34-23(26-18)27-21(30)16-10-20(33-7)17(25-15(5)29)11-19(16)32-6;/h10-14H,8-9H2,1-7H3,(H,24,31)(H,25,29)(H,26,27,30);1H. The molecular weight excluding hydrogens is 494 g/mol. The van der Waals surface area contributed by atoms with Gasteiger partial charge in [0.25, 0.3) is 11.8 Å². The van der Waals surface area contributed by atoms with E-state index in [9.17, 15) is 14.4 Å². The Kier molecular flexibility index (Phi) is 11.9. The van der Waals surface area contributed by atoms with Crippen LogP contribution in [0.5, 0.6) is 11.5 Å². The molecule has 1 aromatic carbocycles. The van der Waals surface area contributed by atoms with E-state index in [1.165, 1.54) is 33.3 Å². The molecule has 0 unspecified atom stereocenters. The minimum Gasteiger partial charge on any atom is -0.496 e. The highest BCUT2D eigenvalue weighted by atomic mass is 35.5. The molecule has 0 spiro atoms. The molecule has 2 rings (SSSR count). The summed E-state index contributed by atoms with van der Waals surface area (Å²) < 4.78 is 10.6. The molecule has 1 heterocycles. The summed E-state index contributed by atoms with van der Waals surface area (Å²) in [5.41, 5.74) is 0.800. The second-order valence-electron chi connectivity index (χ2n) is 8.11. The summed E-state index contributed by atoms with van der Waals surface area (Å²) in [5, 5.41) is 10.0. The summed E-state index contributed by atoms with van der Waals surface area (Å²) in [6, 6.07) is 3.73. The van der Waals surface area contributed by atoms with Crippen LogP contribution in [0.25, 0.3) is 0 Å². The van der Waals surface area contributed by atoms with Crippen LogP contribution in [0.15, 0.2) is 17.5 Å². The van der Waals surface area contributed by atoms with Crippen molar-refractivity contribution >= 4 is 52.3 Å². The minimum atomic E-state index is -0.490. The van der Waals surface area contributed by atoms with E-state index in [-0.39, 0.29) is 46.4 Å². The molecule has 0 fully saturated rings. The van der Waals surface area contributed by atoms with E-state index in [2.05, 4.69) is 53.5 Å². The van der Waals surface area contributed by atoms with E-state index in [1.54, 1.807) is 5.38 Å². The lowest BCUT2D eigenvalue weighted by molar-refractivity contribution is -0.114. The number of thiazole rings is 1. The maximum atomic E-state index is 12.9. The zero-order chi connectivity index (χ0) is 25.4. The normalized spacial score (nSPS) is 10.7. The molecule has 194 valence electrons. The number of amides is 3. The van der Waals surface area contributed by atoms with Crippen LogP contribution >= 0.6 is 23.7 Å². The number of methoxy groups -OCH3 is 2. The van der Waals surface area contributed by atoms with Gasteiger partial charge in [0, 0.05) is 43.5 Å². The van der Waals surface area contributed by atoms with E-state index in [4.69, 9.17) is 9.47 Å². The van der Waals surface area contributed by atoms with Crippen molar-refractivity contribution in [3.8, 4) is 11.5 Å². The maximum absolute atomic E-state index is 12.9. The molecular formula is C23H34ClN5O5S. The van der Waals surface area contributed by atoms with Crippen LogP contribution in [0.1, 0.15) is 55.5 Å². The minimum absolute atomic E-state index is 0. The molecule has 3 N–H and O–H groups in total. The largest absolute Gasteiger partial charge is 0.496 e. The average Bonchev–Trinajstić information content (AvgIpc) is 3.23. The van der Waals surface area contributed by atoms with Crippen molar-refractivity contribution in [3.05, 3.63) is 28.8 Å². The highest BCUT2D eigenvalue weighted by Gasteiger charge is 2.20. The van der Waals surface area contributed by atoms with Gasteiger partial charge in [-0.2, -0.15) is 0 Å². The summed E-state index contributed by atoms with van der Waals surface area (Å²) in [6.07, 6.45) is 0. The first-order valence-corrected chi connectivity index (χ1v) is 11.8. The SMILES string of the molecule is COc1cc(C(=O)Nc2nc(C(=O)NCCN(C(C)C)C(C)C)cs2)c(OC)cc1NC(C)=O.Cl. The van der Waals surface area contributed by atoms with Gasteiger partial charge in [0.05, 0.1) is 25.5 Å². The van der Waals surface area contributed by atoms with Crippen molar-refractivity contribution in [2.75, 3.05) is 37.9 Å². The first kappa shape index (κ1) is 30.1. The molecule has 0 radical (unpaired) electrons. The Hall–Kier alpha value is -2.89. The molecule has 0 aliphatic carbocycles. The molecule has 0 bridgehead atoms. The first-order chi connectivity index (χ1) is 16.1. The average molecular weight is 528 g/mol. The van der Waals surface area contributed by atoms with Gasteiger partial charge in [-0.1, -0.05) is 0 Å². The number of hydrogen-bond acceptors (Lipinski definition) is 8. The molecule has 2 aromatic rings. The van der Waals surface area contributed by atoms with Crippen LogP contribution in [-0.4, -0.2) is 67.0 Å². The van der Waals surface area contributed by atoms with Crippen LogP contribution in [0.4, 0.5) is 10.8 Å². The smallest absolute Gasteiger partial charge is 0.270 e. The van der Waals surface area contributed by atoms with Gasteiger partial charge < -0.3 is 20.1 Å². The molecule has 1 aromatic heterocycles. The zero-order valence-electron chi connectivity index (χ0n) is 21.1. The van der Waals surface area contributed by atoms with Gasteiger partial charge in [0.15, 0.2) is 5.13 Å². The predicted octanol–water partition coefficient (Wildman–Crippen LogP) is 3.64. The van der Waals surface area contributed by atoms with Crippen LogP contribution < -0.4 is 25.4 Å². The third kappa shape index (κ3) is 8.37. The van der Waals surface area contributed by atoms with E-state index in [0.29, 0.717) is 30.1 Å². The number of nitrogens with one attached hydrogen (secondary N) is 3. The predicted molar refractivity (Wildman–Crippen MR) is 140 cm³/mol. The fourth-order valence-corrected chi connectivity index (χ4v) is 4.15. The van der Waals surface area contributed by atoms with Gasteiger partial charge in [-0.05, 0) is 33.8 Å². The fourth-order valence-electron chi connectivity index (χ4n) is 3.46. The number of benzene rings is 1. The molecule has 12 heteroatoms. The number of hydrogen-bond donors (Lipinski definition) is 3. The lowest BCUT2D eigenvalue weighted by Crippen LogP contribution is -2.42. The number of nitrogens with zero attached hydrogens (tertiary/aromatic N) is 2. The Labute approximate surface area is 216 Å². The van der Waals surface area contributed by atoms with E-state index in [1.807, 2.05) is 0 Å². The number of anilines is 2. The van der Waals surface area contributed by atoms with E-state index < -0.39 is 5.91 Å². The highest BCUT2D eigenvalue weighted by molar-refractivity contribution is 7.14. The number of ether oxygens (including phenoxy) is 2. The van der Waals surface area contributed by atoms with Gasteiger partial charge in [0.1, 0.15) is 17.2 Å². The Morgan fingerprint density at radius 1 is 1.00 bits per heavy atom. The van der Waals surface area contributed by atoms with Crippen molar-refractivity contribution in [1.82, 2.24) is 15.2 Å². The van der Waals surface area contributed by atoms with Crippen LogP contribution in [-0.2, 0) is 4.79 Å². The quantitative estimate of drug-likeness (QED) is 0.408. The third-order valence-corrected chi connectivity index (χ3v) is 5.77. The van der Waals surface area contributed by atoms with Crippen LogP contribution in [0.2, 0.25) is 0 Å².